The van der Waals surface area contributed by atoms with Crippen molar-refractivity contribution in [1.29, 1.82) is 0 Å². The number of aryl methyl sites for hydroxylation is 1. The predicted molar refractivity (Wildman–Crippen MR) is 61.3 cm³/mol. The lowest BCUT2D eigenvalue weighted by Gasteiger charge is -2.23. The highest BCUT2D eigenvalue weighted by molar-refractivity contribution is 5.78. The third kappa shape index (κ3) is 2.85. The molecule has 1 fully saturated rings. The lowest BCUT2D eigenvalue weighted by atomic mass is 10.3. The van der Waals surface area contributed by atoms with Crippen molar-refractivity contribution in [2.45, 2.75) is 39.3 Å². The normalized spacial score (nSPS) is 20.2. The molecule has 0 unspecified atom stereocenters. The molecule has 0 saturated carbocycles. The molecule has 2 heterocycles. The minimum absolute atomic E-state index is 0.0588. The van der Waals surface area contributed by atoms with Gasteiger partial charge in [-0.15, -0.1) is 0 Å². The van der Waals surface area contributed by atoms with Crippen LogP contribution in [0.4, 0.5) is 0 Å². The second kappa shape index (κ2) is 5.31. The van der Waals surface area contributed by atoms with Crippen molar-refractivity contribution in [2.75, 3.05) is 13.2 Å². The van der Waals surface area contributed by atoms with Crippen LogP contribution in [0.1, 0.15) is 31.2 Å². The zero-order chi connectivity index (χ0) is 12.3. The van der Waals surface area contributed by atoms with Crippen molar-refractivity contribution >= 4 is 5.91 Å². The second-order valence-corrected chi connectivity index (χ2v) is 4.22. The highest BCUT2D eigenvalue weighted by Gasteiger charge is 2.30. The van der Waals surface area contributed by atoms with Gasteiger partial charge in [-0.3, -0.25) is 4.79 Å². The van der Waals surface area contributed by atoms with Gasteiger partial charge in [-0.1, -0.05) is 5.16 Å². The van der Waals surface area contributed by atoms with Gasteiger partial charge in [0.15, 0.2) is 0 Å². The van der Waals surface area contributed by atoms with Gasteiger partial charge < -0.3 is 14.2 Å². The van der Waals surface area contributed by atoms with Crippen LogP contribution >= 0.6 is 0 Å². The Hall–Kier alpha value is -1.36. The topological polar surface area (TPSA) is 55.6 Å². The molecule has 0 radical (unpaired) electrons. The van der Waals surface area contributed by atoms with E-state index in [2.05, 4.69) is 5.16 Å². The summed E-state index contributed by atoms with van der Waals surface area (Å²) in [4.78, 5) is 13.5. The maximum absolute atomic E-state index is 11.7. The lowest BCUT2D eigenvalue weighted by molar-refractivity contribution is -0.136. The molecule has 1 saturated heterocycles. The molecule has 1 aliphatic rings. The first-order chi connectivity index (χ1) is 8.20. The number of ether oxygens (including phenoxy) is 1. The van der Waals surface area contributed by atoms with Crippen LogP contribution < -0.4 is 0 Å². The number of rotatable bonds is 5. The van der Waals surface area contributed by atoms with Crippen molar-refractivity contribution < 1.29 is 14.1 Å². The highest BCUT2D eigenvalue weighted by atomic mass is 16.5. The fraction of sp³-hybridized carbons (Fsp3) is 0.667. The molecule has 0 bridgehead atoms. The first-order valence-corrected chi connectivity index (χ1v) is 6.04. The zero-order valence-electron chi connectivity index (χ0n) is 10.3. The fourth-order valence-corrected chi connectivity index (χ4v) is 2.11. The molecule has 0 spiro atoms. The quantitative estimate of drug-likeness (QED) is 0.780. The Kier molecular flexibility index (Phi) is 3.78. The molecule has 1 aliphatic heterocycles. The van der Waals surface area contributed by atoms with Gasteiger partial charge in [-0.25, -0.2) is 0 Å². The van der Waals surface area contributed by atoms with Gasteiger partial charge in [0.1, 0.15) is 12.0 Å². The zero-order valence-corrected chi connectivity index (χ0v) is 10.3. The van der Waals surface area contributed by atoms with E-state index in [1.165, 1.54) is 0 Å². The predicted octanol–water partition coefficient (Wildman–Crippen LogP) is 1.51. The van der Waals surface area contributed by atoms with E-state index < -0.39 is 0 Å². The molecule has 2 rings (SSSR count). The summed E-state index contributed by atoms with van der Waals surface area (Å²) in [5, 5.41) is 3.83. The Morgan fingerprint density at radius 3 is 3.12 bits per heavy atom. The third-order valence-corrected chi connectivity index (χ3v) is 2.91. The third-order valence-electron chi connectivity index (χ3n) is 2.91. The summed E-state index contributed by atoms with van der Waals surface area (Å²) in [7, 11) is 0. The molecule has 94 valence electrons. The maximum atomic E-state index is 11.7. The first kappa shape index (κ1) is 12.1. The molecule has 17 heavy (non-hydrogen) atoms. The van der Waals surface area contributed by atoms with Crippen LogP contribution in [0.25, 0.3) is 0 Å². The van der Waals surface area contributed by atoms with Crippen molar-refractivity contribution in [2.24, 2.45) is 0 Å². The van der Waals surface area contributed by atoms with Crippen LogP contribution in [-0.2, 0) is 16.0 Å². The molecule has 1 aromatic heterocycles. The van der Waals surface area contributed by atoms with Gasteiger partial charge in [-0.05, 0) is 13.8 Å². The lowest BCUT2D eigenvalue weighted by Crippen LogP contribution is -2.36. The summed E-state index contributed by atoms with van der Waals surface area (Å²) >= 11 is 0. The monoisotopic (exact) mass is 238 g/mol. The van der Waals surface area contributed by atoms with Gasteiger partial charge in [0.25, 0.3) is 0 Å². The van der Waals surface area contributed by atoms with Crippen LogP contribution in [-0.4, -0.2) is 35.3 Å². The number of carbonyl (C=O) groups is 1. The fourth-order valence-electron chi connectivity index (χ4n) is 2.11. The Labute approximate surface area is 101 Å². The summed E-state index contributed by atoms with van der Waals surface area (Å²) in [5.74, 6) is 0.983. The number of hydrogen-bond acceptors (Lipinski definition) is 4. The number of nitrogens with zero attached hydrogens (tertiary/aromatic N) is 2. The van der Waals surface area contributed by atoms with Crippen LogP contribution in [0.15, 0.2) is 10.6 Å². The summed E-state index contributed by atoms with van der Waals surface area (Å²) in [6, 6.07) is 1.90. The van der Waals surface area contributed by atoms with Crippen LogP contribution in [0.5, 0.6) is 0 Å². The molecule has 0 aliphatic carbocycles. The minimum atomic E-state index is -0.0588. The average Bonchev–Trinajstić information content (AvgIpc) is 2.85. The summed E-state index contributed by atoms with van der Waals surface area (Å²) in [6.45, 7) is 5.10. The van der Waals surface area contributed by atoms with Gasteiger partial charge in [0.2, 0.25) is 5.91 Å². The molecular weight excluding hydrogens is 220 g/mol. The van der Waals surface area contributed by atoms with Gasteiger partial charge in [0.05, 0.1) is 5.69 Å². The van der Waals surface area contributed by atoms with Gasteiger partial charge >= 0.3 is 0 Å². The van der Waals surface area contributed by atoms with Crippen molar-refractivity contribution in [3.63, 3.8) is 0 Å². The molecule has 0 N–H and O–H groups in total. The summed E-state index contributed by atoms with van der Waals surface area (Å²) in [5.41, 5.74) is 0.870. The number of aromatic nitrogens is 1. The number of amides is 1. The summed E-state index contributed by atoms with van der Waals surface area (Å²) < 4.78 is 10.7. The van der Waals surface area contributed by atoms with Crippen molar-refractivity contribution in [3.8, 4) is 0 Å². The van der Waals surface area contributed by atoms with E-state index in [1.807, 2.05) is 19.9 Å². The van der Waals surface area contributed by atoms with E-state index >= 15 is 0 Å². The van der Waals surface area contributed by atoms with E-state index in [9.17, 15) is 4.79 Å². The van der Waals surface area contributed by atoms with Crippen LogP contribution in [0, 0.1) is 6.92 Å². The van der Waals surface area contributed by atoms with E-state index in [4.69, 9.17) is 9.26 Å². The highest BCUT2D eigenvalue weighted by Crippen LogP contribution is 2.20. The van der Waals surface area contributed by atoms with Crippen LogP contribution in [0.3, 0.4) is 0 Å². The van der Waals surface area contributed by atoms with Gasteiger partial charge in [-0.2, -0.15) is 0 Å². The van der Waals surface area contributed by atoms with E-state index in [1.54, 1.807) is 4.90 Å². The van der Waals surface area contributed by atoms with Gasteiger partial charge in [0, 0.05) is 38.5 Å². The van der Waals surface area contributed by atoms with E-state index in [0.29, 0.717) is 26.0 Å². The average molecular weight is 238 g/mol. The number of likely N-dealkylation sites (tertiary alicyclic amines) is 1. The standard InChI is InChI=1S/C12H18N2O3/c1-3-16-12-5-4-11(15)14(12)7-6-10-8-9(2)13-17-10/h8,12H,3-7H2,1-2H3/t12-/m1/s1. The molecule has 5 nitrogen and oxygen atoms in total. The Morgan fingerprint density at radius 2 is 2.47 bits per heavy atom. The van der Waals surface area contributed by atoms with E-state index in [0.717, 1.165) is 17.9 Å². The molecule has 5 heteroatoms. The molecular formula is C12H18N2O3. The molecule has 0 aromatic carbocycles. The molecule has 1 atom stereocenters. The van der Waals surface area contributed by atoms with E-state index in [-0.39, 0.29) is 12.1 Å². The Balaban J connectivity index is 1.90. The maximum Gasteiger partial charge on any atom is 0.224 e. The SMILES string of the molecule is CCO[C@@H]1CCC(=O)N1CCc1cc(C)no1. The van der Waals surface area contributed by atoms with Crippen LogP contribution in [0.2, 0.25) is 0 Å². The number of hydrogen-bond donors (Lipinski definition) is 0. The molecule has 1 aromatic rings. The summed E-state index contributed by atoms with van der Waals surface area (Å²) in [6.07, 6.45) is 2.01. The smallest absolute Gasteiger partial charge is 0.224 e. The Bertz CT molecular complexity index is 389. The first-order valence-electron chi connectivity index (χ1n) is 6.04. The largest absolute Gasteiger partial charge is 0.361 e. The minimum Gasteiger partial charge on any atom is -0.361 e. The number of carbonyl (C=O) groups excluding carboxylic acids is 1. The molecule has 1 amide bonds. The van der Waals surface area contributed by atoms with Crippen molar-refractivity contribution in [1.82, 2.24) is 10.1 Å². The Morgan fingerprint density at radius 1 is 1.65 bits per heavy atom. The second-order valence-electron chi connectivity index (χ2n) is 4.22. The van der Waals surface area contributed by atoms with Crippen molar-refractivity contribution in [3.05, 3.63) is 17.5 Å².